The zero-order valence-electron chi connectivity index (χ0n) is 9.93. The Morgan fingerprint density at radius 3 is 2.44 bits per heavy atom. The normalized spacial score (nSPS) is 24.1. The Morgan fingerprint density at radius 2 is 1.94 bits per heavy atom. The van der Waals surface area contributed by atoms with E-state index in [1.807, 2.05) is 0 Å². The van der Waals surface area contributed by atoms with E-state index in [4.69, 9.17) is 0 Å². The fraction of sp³-hybridized carbons (Fsp3) is 0.923. The van der Waals surface area contributed by atoms with Gasteiger partial charge in [0.2, 0.25) is 5.91 Å². The highest BCUT2D eigenvalue weighted by atomic mass is 79.9. The van der Waals surface area contributed by atoms with Gasteiger partial charge in [-0.15, -0.1) is 0 Å². The third-order valence-electron chi connectivity index (χ3n) is 4.23. The Labute approximate surface area is 107 Å². The predicted octanol–water partition coefficient (Wildman–Crippen LogP) is 3.39. The smallest absolute Gasteiger partial charge is 0.220 e. The van der Waals surface area contributed by atoms with Crippen LogP contribution >= 0.6 is 15.9 Å². The Bertz CT molecular complexity index is 239. The summed E-state index contributed by atoms with van der Waals surface area (Å²) in [5.41, 5.74) is 0.104. The van der Waals surface area contributed by atoms with Crippen molar-refractivity contribution in [1.82, 2.24) is 5.32 Å². The lowest BCUT2D eigenvalue weighted by Gasteiger charge is -2.41. The van der Waals surface area contributed by atoms with Gasteiger partial charge < -0.3 is 5.32 Å². The van der Waals surface area contributed by atoms with E-state index < -0.39 is 0 Å². The van der Waals surface area contributed by atoms with Crippen molar-refractivity contribution in [3.63, 3.8) is 0 Å². The zero-order valence-corrected chi connectivity index (χ0v) is 11.5. The molecule has 0 aromatic carbocycles. The fourth-order valence-electron chi connectivity index (χ4n) is 2.89. The molecule has 0 spiro atoms. The first-order valence-corrected chi connectivity index (χ1v) is 7.73. The summed E-state index contributed by atoms with van der Waals surface area (Å²) >= 11 is 3.51. The molecule has 1 amide bonds. The topological polar surface area (TPSA) is 29.1 Å². The number of carbonyl (C=O) groups excluding carboxylic acids is 1. The molecule has 2 nitrogen and oxygen atoms in total. The summed E-state index contributed by atoms with van der Waals surface area (Å²) in [6, 6.07) is 0. The van der Waals surface area contributed by atoms with Crippen LogP contribution in [0.1, 0.15) is 57.8 Å². The molecule has 0 atom stereocenters. The van der Waals surface area contributed by atoms with Crippen molar-refractivity contribution < 1.29 is 4.79 Å². The van der Waals surface area contributed by atoms with Gasteiger partial charge in [0.15, 0.2) is 0 Å². The van der Waals surface area contributed by atoms with Crippen LogP contribution < -0.4 is 5.32 Å². The highest BCUT2D eigenvalue weighted by Gasteiger charge is 2.37. The van der Waals surface area contributed by atoms with Crippen LogP contribution in [-0.4, -0.2) is 16.8 Å². The summed E-state index contributed by atoms with van der Waals surface area (Å²) < 4.78 is 0. The van der Waals surface area contributed by atoms with Crippen LogP contribution in [0.2, 0.25) is 0 Å². The number of amides is 1. The number of halogens is 1. The van der Waals surface area contributed by atoms with E-state index in [1.54, 1.807) is 0 Å². The molecule has 92 valence electrons. The molecule has 0 bridgehead atoms. The Kier molecular flexibility index (Phi) is 4.28. The summed E-state index contributed by atoms with van der Waals surface area (Å²) in [6.07, 6.45) is 10.8. The van der Waals surface area contributed by atoms with Crippen LogP contribution in [0.25, 0.3) is 0 Å². The van der Waals surface area contributed by atoms with Gasteiger partial charge in [0.1, 0.15) is 0 Å². The third-order valence-corrected chi connectivity index (χ3v) is 5.30. The highest BCUT2D eigenvalue weighted by molar-refractivity contribution is 9.09. The first-order valence-electron chi connectivity index (χ1n) is 6.61. The van der Waals surface area contributed by atoms with Gasteiger partial charge in [0, 0.05) is 17.3 Å². The Balaban J connectivity index is 1.67. The molecular weight excluding hydrogens is 266 g/mol. The van der Waals surface area contributed by atoms with E-state index in [0.717, 1.165) is 36.9 Å². The van der Waals surface area contributed by atoms with Crippen molar-refractivity contribution in [2.45, 2.75) is 63.3 Å². The van der Waals surface area contributed by atoms with E-state index in [0.29, 0.717) is 0 Å². The molecule has 2 fully saturated rings. The van der Waals surface area contributed by atoms with E-state index in [-0.39, 0.29) is 11.4 Å². The summed E-state index contributed by atoms with van der Waals surface area (Å²) in [6.45, 7) is 0. The van der Waals surface area contributed by atoms with Gasteiger partial charge in [0.25, 0.3) is 0 Å². The first kappa shape index (κ1) is 12.4. The lowest BCUT2D eigenvalue weighted by molar-refractivity contribution is -0.124. The Hall–Kier alpha value is -0.0500. The summed E-state index contributed by atoms with van der Waals surface area (Å²) in [5.74, 6) is 1.10. The number of alkyl halides is 1. The second kappa shape index (κ2) is 5.52. The lowest BCUT2D eigenvalue weighted by atomic mass is 9.78. The van der Waals surface area contributed by atoms with E-state index in [1.165, 1.54) is 32.1 Å². The van der Waals surface area contributed by atoms with Gasteiger partial charge in [-0.1, -0.05) is 41.6 Å². The molecule has 0 aliphatic heterocycles. The molecular formula is C13H22BrNO. The molecule has 0 saturated heterocycles. The van der Waals surface area contributed by atoms with Crippen LogP contribution in [0.4, 0.5) is 0 Å². The molecule has 0 radical (unpaired) electrons. The van der Waals surface area contributed by atoms with Gasteiger partial charge in [-0.05, 0) is 31.6 Å². The standard InChI is InChI=1S/C13H22BrNO/c14-10-13(8-3-9-13)15-12(16)7-6-11-4-1-2-5-11/h11H,1-10H2,(H,15,16). The minimum Gasteiger partial charge on any atom is -0.350 e. The van der Waals surface area contributed by atoms with E-state index >= 15 is 0 Å². The van der Waals surface area contributed by atoms with Gasteiger partial charge >= 0.3 is 0 Å². The molecule has 2 aliphatic carbocycles. The molecule has 2 aliphatic rings. The SMILES string of the molecule is O=C(CCC1CCCC1)NC1(CBr)CCC1. The number of nitrogens with one attached hydrogen (secondary N) is 1. The lowest BCUT2D eigenvalue weighted by Crippen LogP contribution is -2.54. The minimum atomic E-state index is 0.104. The average molecular weight is 288 g/mol. The highest BCUT2D eigenvalue weighted by Crippen LogP contribution is 2.34. The van der Waals surface area contributed by atoms with Crippen molar-refractivity contribution in [3.05, 3.63) is 0 Å². The van der Waals surface area contributed by atoms with E-state index in [9.17, 15) is 4.79 Å². The predicted molar refractivity (Wildman–Crippen MR) is 69.7 cm³/mol. The van der Waals surface area contributed by atoms with Crippen molar-refractivity contribution >= 4 is 21.8 Å². The quantitative estimate of drug-likeness (QED) is 0.772. The van der Waals surface area contributed by atoms with Crippen LogP contribution in [0.5, 0.6) is 0 Å². The second-order valence-corrected chi connectivity index (χ2v) is 6.07. The minimum absolute atomic E-state index is 0.104. The molecule has 2 rings (SSSR count). The molecule has 0 unspecified atom stereocenters. The van der Waals surface area contributed by atoms with Crippen molar-refractivity contribution in [2.24, 2.45) is 5.92 Å². The summed E-state index contributed by atoms with van der Waals surface area (Å²) in [7, 11) is 0. The Morgan fingerprint density at radius 1 is 1.25 bits per heavy atom. The van der Waals surface area contributed by atoms with E-state index in [2.05, 4.69) is 21.2 Å². The van der Waals surface area contributed by atoms with Crippen LogP contribution in [0, 0.1) is 5.92 Å². The van der Waals surface area contributed by atoms with Gasteiger partial charge in [-0.2, -0.15) is 0 Å². The molecule has 2 saturated carbocycles. The molecule has 0 heterocycles. The van der Waals surface area contributed by atoms with Crippen LogP contribution in [0.15, 0.2) is 0 Å². The number of hydrogen-bond acceptors (Lipinski definition) is 1. The molecule has 3 heteroatoms. The maximum absolute atomic E-state index is 11.8. The van der Waals surface area contributed by atoms with Gasteiger partial charge in [-0.3, -0.25) is 4.79 Å². The third kappa shape index (κ3) is 2.99. The van der Waals surface area contributed by atoms with Crippen molar-refractivity contribution in [2.75, 3.05) is 5.33 Å². The molecule has 0 aromatic heterocycles. The number of hydrogen-bond donors (Lipinski definition) is 1. The average Bonchev–Trinajstić information content (AvgIpc) is 2.73. The zero-order chi connectivity index (χ0) is 11.4. The van der Waals surface area contributed by atoms with Crippen LogP contribution in [0.3, 0.4) is 0 Å². The molecule has 1 N–H and O–H groups in total. The monoisotopic (exact) mass is 287 g/mol. The second-order valence-electron chi connectivity index (χ2n) is 5.50. The maximum atomic E-state index is 11.8. The molecule has 16 heavy (non-hydrogen) atoms. The van der Waals surface area contributed by atoms with Gasteiger partial charge in [0.05, 0.1) is 0 Å². The summed E-state index contributed by atoms with van der Waals surface area (Å²) in [5, 5.41) is 4.13. The summed E-state index contributed by atoms with van der Waals surface area (Å²) in [4.78, 5) is 11.8. The largest absolute Gasteiger partial charge is 0.350 e. The molecule has 0 aromatic rings. The maximum Gasteiger partial charge on any atom is 0.220 e. The first-order chi connectivity index (χ1) is 7.74. The van der Waals surface area contributed by atoms with Gasteiger partial charge in [-0.25, -0.2) is 0 Å². The number of rotatable bonds is 5. The van der Waals surface area contributed by atoms with Crippen LogP contribution in [-0.2, 0) is 4.79 Å². The van der Waals surface area contributed by atoms with Crippen molar-refractivity contribution in [1.29, 1.82) is 0 Å². The number of carbonyl (C=O) groups is 1. The van der Waals surface area contributed by atoms with Crippen molar-refractivity contribution in [3.8, 4) is 0 Å². The fourth-order valence-corrected chi connectivity index (χ4v) is 3.59.